The van der Waals surface area contributed by atoms with E-state index in [0.29, 0.717) is 6.54 Å². The van der Waals surface area contributed by atoms with Crippen molar-refractivity contribution in [3.63, 3.8) is 0 Å². The standard InChI is InChI=1S/C14H18FNO3/c1-3-4-7-16-14(18)9-19-13-8-11(15)5-6-12(13)10(2)17/h5-6,8H,3-4,7,9H2,1-2H3,(H,16,18). The fraction of sp³-hybridized carbons (Fsp3) is 0.429. The van der Waals surface area contributed by atoms with Crippen molar-refractivity contribution in [3.05, 3.63) is 29.6 Å². The van der Waals surface area contributed by atoms with E-state index < -0.39 is 5.82 Å². The van der Waals surface area contributed by atoms with Crippen LogP contribution in [0.25, 0.3) is 0 Å². The Hall–Kier alpha value is -1.91. The van der Waals surface area contributed by atoms with E-state index in [4.69, 9.17) is 4.74 Å². The van der Waals surface area contributed by atoms with E-state index in [0.717, 1.165) is 18.9 Å². The van der Waals surface area contributed by atoms with Gasteiger partial charge in [0.25, 0.3) is 5.91 Å². The third kappa shape index (κ3) is 5.07. The van der Waals surface area contributed by atoms with Gasteiger partial charge < -0.3 is 10.1 Å². The molecule has 0 heterocycles. The molecular formula is C14H18FNO3. The molecule has 0 spiro atoms. The Balaban J connectivity index is 2.59. The first-order chi connectivity index (χ1) is 9.04. The Morgan fingerprint density at radius 1 is 1.37 bits per heavy atom. The van der Waals surface area contributed by atoms with Crippen LogP contribution >= 0.6 is 0 Å². The van der Waals surface area contributed by atoms with E-state index in [9.17, 15) is 14.0 Å². The van der Waals surface area contributed by atoms with Gasteiger partial charge in [-0.15, -0.1) is 0 Å². The van der Waals surface area contributed by atoms with Crippen molar-refractivity contribution >= 4 is 11.7 Å². The van der Waals surface area contributed by atoms with Crippen molar-refractivity contribution in [2.45, 2.75) is 26.7 Å². The summed E-state index contributed by atoms with van der Waals surface area (Å²) in [5.41, 5.74) is 0.266. The Morgan fingerprint density at radius 3 is 2.74 bits per heavy atom. The first-order valence-corrected chi connectivity index (χ1v) is 6.24. The molecule has 0 atom stereocenters. The predicted octanol–water partition coefficient (Wildman–Crippen LogP) is 2.32. The number of hydrogen-bond acceptors (Lipinski definition) is 3. The van der Waals surface area contributed by atoms with Crippen molar-refractivity contribution in [2.24, 2.45) is 0 Å². The summed E-state index contributed by atoms with van der Waals surface area (Å²) in [4.78, 5) is 22.8. The fourth-order valence-electron chi connectivity index (χ4n) is 1.51. The number of nitrogens with one attached hydrogen (secondary N) is 1. The maximum absolute atomic E-state index is 13.1. The van der Waals surface area contributed by atoms with E-state index >= 15 is 0 Å². The predicted molar refractivity (Wildman–Crippen MR) is 69.8 cm³/mol. The smallest absolute Gasteiger partial charge is 0.257 e. The van der Waals surface area contributed by atoms with Gasteiger partial charge in [-0.3, -0.25) is 9.59 Å². The molecule has 0 aliphatic carbocycles. The molecule has 0 saturated heterocycles. The van der Waals surface area contributed by atoms with Crippen LogP contribution in [0.15, 0.2) is 18.2 Å². The molecule has 0 saturated carbocycles. The number of Topliss-reactive ketones (excluding diaryl/α,β-unsaturated/α-hetero) is 1. The maximum atomic E-state index is 13.1. The van der Waals surface area contributed by atoms with Gasteiger partial charge in [0.1, 0.15) is 11.6 Å². The minimum Gasteiger partial charge on any atom is -0.483 e. The van der Waals surface area contributed by atoms with Gasteiger partial charge >= 0.3 is 0 Å². The van der Waals surface area contributed by atoms with Gasteiger partial charge in [-0.2, -0.15) is 0 Å². The van der Waals surface area contributed by atoms with Gasteiger partial charge in [0, 0.05) is 12.6 Å². The molecule has 0 aliphatic heterocycles. The van der Waals surface area contributed by atoms with E-state index in [1.807, 2.05) is 6.92 Å². The second-order valence-electron chi connectivity index (χ2n) is 4.19. The summed E-state index contributed by atoms with van der Waals surface area (Å²) in [6.07, 6.45) is 1.88. The second kappa shape index (κ2) is 7.51. The topological polar surface area (TPSA) is 55.4 Å². The highest BCUT2D eigenvalue weighted by atomic mass is 19.1. The Morgan fingerprint density at radius 2 is 2.11 bits per heavy atom. The number of halogens is 1. The summed E-state index contributed by atoms with van der Waals surface area (Å²) < 4.78 is 18.3. The van der Waals surface area contributed by atoms with Crippen LogP contribution in [0.5, 0.6) is 5.75 Å². The van der Waals surface area contributed by atoms with Gasteiger partial charge in [0.05, 0.1) is 5.56 Å². The average Bonchev–Trinajstić information content (AvgIpc) is 2.36. The molecule has 0 fully saturated rings. The molecule has 5 heteroatoms. The molecule has 1 amide bonds. The van der Waals surface area contributed by atoms with Crippen LogP contribution in [-0.4, -0.2) is 24.8 Å². The largest absolute Gasteiger partial charge is 0.483 e. The fourth-order valence-corrected chi connectivity index (χ4v) is 1.51. The number of rotatable bonds is 7. The van der Waals surface area contributed by atoms with Crippen LogP contribution in [0, 0.1) is 5.82 Å². The molecule has 1 N–H and O–H groups in total. The number of benzene rings is 1. The molecule has 19 heavy (non-hydrogen) atoms. The third-order valence-corrected chi connectivity index (χ3v) is 2.53. The van der Waals surface area contributed by atoms with Crippen molar-refractivity contribution in [3.8, 4) is 5.75 Å². The van der Waals surface area contributed by atoms with E-state index in [2.05, 4.69) is 5.32 Å². The number of unbranched alkanes of at least 4 members (excludes halogenated alkanes) is 1. The summed E-state index contributed by atoms with van der Waals surface area (Å²) in [6, 6.07) is 3.64. The summed E-state index contributed by atoms with van der Waals surface area (Å²) >= 11 is 0. The molecule has 0 unspecified atom stereocenters. The highest BCUT2D eigenvalue weighted by molar-refractivity contribution is 5.96. The zero-order valence-corrected chi connectivity index (χ0v) is 11.2. The van der Waals surface area contributed by atoms with Gasteiger partial charge in [-0.05, 0) is 25.5 Å². The van der Waals surface area contributed by atoms with Gasteiger partial charge in [0.15, 0.2) is 12.4 Å². The van der Waals surface area contributed by atoms with Crippen LogP contribution in [0.1, 0.15) is 37.0 Å². The Bertz CT molecular complexity index is 460. The zero-order chi connectivity index (χ0) is 14.3. The molecule has 4 nitrogen and oxygen atoms in total. The lowest BCUT2D eigenvalue weighted by Crippen LogP contribution is -2.29. The number of carbonyl (C=O) groups excluding carboxylic acids is 2. The lowest BCUT2D eigenvalue weighted by molar-refractivity contribution is -0.123. The molecule has 0 radical (unpaired) electrons. The summed E-state index contributed by atoms with van der Waals surface area (Å²) in [5, 5.41) is 2.67. The third-order valence-electron chi connectivity index (χ3n) is 2.53. The molecule has 104 valence electrons. The van der Waals surface area contributed by atoms with Crippen LogP contribution in [0.3, 0.4) is 0 Å². The zero-order valence-electron chi connectivity index (χ0n) is 11.2. The maximum Gasteiger partial charge on any atom is 0.257 e. The monoisotopic (exact) mass is 267 g/mol. The second-order valence-corrected chi connectivity index (χ2v) is 4.19. The van der Waals surface area contributed by atoms with Crippen molar-refractivity contribution in [2.75, 3.05) is 13.2 Å². The number of hydrogen-bond donors (Lipinski definition) is 1. The quantitative estimate of drug-likeness (QED) is 0.609. The van der Waals surface area contributed by atoms with Crippen LogP contribution < -0.4 is 10.1 Å². The highest BCUT2D eigenvalue weighted by Crippen LogP contribution is 2.20. The molecule has 1 aromatic carbocycles. The molecule has 1 aromatic rings. The van der Waals surface area contributed by atoms with Gasteiger partial charge in [-0.1, -0.05) is 13.3 Å². The molecular weight excluding hydrogens is 249 g/mol. The number of ether oxygens (including phenoxy) is 1. The van der Waals surface area contributed by atoms with E-state index in [-0.39, 0.29) is 29.6 Å². The SMILES string of the molecule is CCCCNC(=O)COc1cc(F)ccc1C(C)=O. The summed E-state index contributed by atoms with van der Waals surface area (Å²) in [5.74, 6) is -0.932. The van der Waals surface area contributed by atoms with E-state index in [1.54, 1.807) is 0 Å². The average molecular weight is 267 g/mol. The van der Waals surface area contributed by atoms with Crippen molar-refractivity contribution in [1.82, 2.24) is 5.32 Å². The first kappa shape index (κ1) is 15.1. The van der Waals surface area contributed by atoms with Crippen LogP contribution in [0.4, 0.5) is 4.39 Å². The minimum atomic E-state index is -0.508. The molecule has 1 rings (SSSR count). The highest BCUT2D eigenvalue weighted by Gasteiger charge is 2.11. The lowest BCUT2D eigenvalue weighted by Gasteiger charge is -2.10. The van der Waals surface area contributed by atoms with Crippen LogP contribution in [0.2, 0.25) is 0 Å². The number of ketones is 1. The minimum absolute atomic E-state index is 0.0955. The first-order valence-electron chi connectivity index (χ1n) is 6.24. The summed E-state index contributed by atoms with van der Waals surface area (Å²) in [7, 11) is 0. The molecule has 0 aromatic heterocycles. The van der Waals surface area contributed by atoms with Gasteiger partial charge in [-0.25, -0.2) is 4.39 Å². The Kier molecular flexibility index (Phi) is 5.99. The number of amides is 1. The van der Waals surface area contributed by atoms with Crippen LogP contribution in [-0.2, 0) is 4.79 Å². The number of carbonyl (C=O) groups is 2. The lowest BCUT2D eigenvalue weighted by atomic mass is 10.1. The van der Waals surface area contributed by atoms with Gasteiger partial charge in [0.2, 0.25) is 0 Å². The molecule has 0 bridgehead atoms. The Labute approximate surface area is 112 Å². The normalized spacial score (nSPS) is 10.1. The summed E-state index contributed by atoms with van der Waals surface area (Å²) in [6.45, 7) is 3.74. The van der Waals surface area contributed by atoms with Crippen molar-refractivity contribution < 1.29 is 18.7 Å². The molecule has 0 aliphatic rings. The van der Waals surface area contributed by atoms with E-state index in [1.165, 1.54) is 19.1 Å². The van der Waals surface area contributed by atoms with Crippen molar-refractivity contribution in [1.29, 1.82) is 0 Å².